The Morgan fingerprint density at radius 3 is 2.74 bits per heavy atom. The van der Waals surface area contributed by atoms with Crippen LogP contribution in [-0.4, -0.2) is 30.4 Å². The molecule has 1 aromatic carbocycles. The first-order chi connectivity index (χ1) is 9.10. The summed E-state index contributed by atoms with van der Waals surface area (Å²) in [6.45, 7) is 1.93. The summed E-state index contributed by atoms with van der Waals surface area (Å²) in [7, 11) is 1.73. The molecule has 0 bridgehead atoms. The van der Waals surface area contributed by atoms with Gasteiger partial charge in [-0.3, -0.25) is 0 Å². The van der Waals surface area contributed by atoms with E-state index < -0.39 is 5.97 Å². The molecule has 104 valence electrons. The highest BCUT2D eigenvalue weighted by molar-refractivity contribution is 5.88. The molecule has 0 aliphatic heterocycles. The molecular formula is C15H20O4. The Kier molecular flexibility index (Phi) is 4.43. The van der Waals surface area contributed by atoms with Gasteiger partial charge in [-0.1, -0.05) is 6.07 Å². The number of carbonyl (C=O) groups is 1. The fraction of sp³-hybridized carbons (Fsp3) is 0.533. The van der Waals surface area contributed by atoms with Gasteiger partial charge in [0, 0.05) is 13.5 Å². The molecule has 0 amide bonds. The zero-order valence-electron chi connectivity index (χ0n) is 11.4. The van der Waals surface area contributed by atoms with E-state index in [0.717, 1.165) is 31.2 Å². The molecule has 0 saturated heterocycles. The molecule has 1 fully saturated rings. The topological polar surface area (TPSA) is 55.8 Å². The van der Waals surface area contributed by atoms with Crippen LogP contribution in [0.3, 0.4) is 0 Å². The highest BCUT2D eigenvalue weighted by Gasteiger charge is 2.23. The van der Waals surface area contributed by atoms with Crippen LogP contribution in [0.15, 0.2) is 18.2 Å². The van der Waals surface area contributed by atoms with Crippen molar-refractivity contribution in [3.63, 3.8) is 0 Å². The van der Waals surface area contributed by atoms with Gasteiger partial charge in [0.05, 0.1) is 11.7 Å². The maximum atomic E-state index is 11.0. The molecule has 1 saturated carbocycles. The zero-order chi connectivity index (χ0) is 13.8. The van der Waals surface area contributed by atoms with Crippen molar-refractivity contribution in [2.45, 2.75) is 44.8 Å². The third kappa shape index (κ3) is 3.47. The maximum Gasteiger partial charge on any atom is 0.335 e. The van der Waals surface area contributed by atoms with Crippen LogP contribution in [0.4, 0.5) is 0 Å². The first-order valence-corrected chi connectivity index (χ1v) is 6.63. The van der Waals surface area contributed by atoms with Crippen molar-refractivity contribution in [2.75, 3.05) is 7.11 Å². The number of rotatable bonds is 4. The average Bonchev–Trinajstić information content (AvgIpc) is 2.41. The Morgan fingerprint density at radius 2 is 2.05 bits per heavy atom. The Hall–Kier alpha value is -1.55. The van der Waals surface area contributed by atoms with Crippen molar-refractivity contribution < 1.29 is 19.4 Å². The molecule has 1 N–H and O–H groups in total. The van der Waals surface area contributed by atoms with Crippen molar-refractivity contribution in [3.8, 4) is 5.75 Å². The summed E-state index contributed by atoms with van der Waals surface area (Å²) in [5.74, 6) is -0.259. The molecule has 0 aromatic heterocycles. The molecule has 2 rings (SSSR count). The number of hydrogen-bond acceptors (Lipinski definition) is 3. The number of aromatic carboxylic acids is 1. The summed E-state index contributed by atoms with van der Waals surface area (Å²) < 4.78 is 11.3. The fourth-order valence-corrected chi connectivity index (χ4v) is 2.46. The lowest BCUT2D eigenvalue weighted by atomic mass is 9.95. The molecule has 2 atom stereocenters. The third-order valence-electron chi connectivity index (χ3n) is 3.64. The van der Waals surface area contributed by atoms with E-state index in [1.807, 2.05) is 6.92 Å². The van der Waals surface area contributed by atoms with Gasteiger partial charge in [-0.15, -0.1) is 0 Å². The lowest BCUT2D eigenvalue weighted by Crippen LogP contribution is -2.29. The van der Waals surface area contributed by atoms with Crippen LogP contribution in [0, 0.1) is 6.92 Å². The Morgan fingerprint density at radius 1 is 1.32 bits per heavy atom. The number of carboxylic acids is 1. The van der Waals surface area contributed by atoms with E-state index in [9.17, 15) is 4.79 Å². The SMILES string of the molecule is COC1CCCC(Oc2cc(C(=O)O)ccc2C)C1. The summed E-state index contributed by atoms with van der Waals surface area (Å²) in [4.78, 5) is 11.0. The maximum absolute atomic E-state index is 11.0. The van der Waals surface area contributed by atoms with Crippen molar-refractivity contribution >= 4 is 5.97 Å². The van der Waals surface area contributed by atoms with Crippen LogP contribution >= 0.6 is 0 Å². The number of methoxy groups -OCH3 is 1. The number of carboxylic acid groups (broad SMARTS) is 1. The molecule has 1 aliphatic carbocycles. The number of hydrogen-bond donors (Lipinski definition) is 1. The Bertz CT molecular complexity index is 455. The lowest BCUT2D eigenvalue weighted by Gasteiger charge is -2.29. The van der Waals surface area contributed by atoms with E-state index in [1.165, 1.54) is 0 Å². The van der Waals surface area contributed by atoms with Gasteiger partial charge in [0.25, 0.3) is 0 Å². The van der Waals surface area contributed by atoms with Gasteiger partial charge in [-0.2, -0.15) is 0 Å². The molecule has 0 spiro atoms. The van der Waals surface area contributed by atoms with Crippen LogP contribution in [0.1, 0.15) is 41.6 Å². The van der Waals surface area contributed by atoms with Crippen molar-refractivity contribution in [1.82, 2.24) is 0 Å². The second-order valence-corrected chi connectivity index (χ2v) is 5.05. The number of benzene rings is 1. The smallest absolute Gasteiger partial charge is 0.335 e. The van der Waals surface area contributed by atoms with Gasteiger partial charge in [-0.05, 0) is 43.9 Å². The normalized spacial score (nSPS) is 23.1. The monoisotopic (exact) mass is 264 g/mol. The van der Waals surface area contributed by atoms with Gasteiger partial charge in [-0.25, -0.2) is 4.79 Å². The largest absolute Gasteiger partial charge is 0.490 e. The summed E-state index contributed by atoms with van der Waals surface area (Å²) >= 11 is 0. The second kappa shape index (κ2) is 6.06. The van der Waals surface area contributed by atoms with Gasteiger partial charge < -0.3 is 14.6 Å². The van der Waals surface area contributed by atoms with Crippen LogP contribution in [0.25, 0.3) is 0 Å². The molecule has 1 aliphatic rings. The molecule has 2 unspecified atom stereocenters. The summed E-state index contributed by atoms with van der Waals surface area (Å²) in [6, 6.07) is 4.99. The van der Waals surface area contributed by atoms with Gasteiger partial charge >= 0.3 is 5.97 Å². The molecule has 0 radical (unpaired) electrons. The predicted octanol–water partition coefficient (Wildman–Crippen LogP) is 3.03. The fourth-order valence-electron chi connectivity index (χ4n) is 2.46. The first kappa shape index (κ1) is 13.9. The average molecular weight is 264 g/mol. The van der Waals surface area contributed by atoms with E-state index in [0.29, 0.717) is 5.75 Å². The quantitative estimate of drug-likeness (QED) is 0.908. The van der Waals surface area contributed by atoms with Crippen molar-refractivity contribution in [3.05, 3.63) is 29.3 Å². The van der Waals surface area contributed by atoms with Crippen LogP contribution in [-0.2, 0) is 4.74 Å². The minimum atomic E-state index is -0.928. The van der Waals surface area contributed by atoms with Crippen LogP contribution < -0.4 is 4.74 Å². The molecular weight excluding hydrogens is 244 g/mol. The summed E-state index contributed by atoms with van der Waals surface area (Å²) in [5.41, 5.74) is 1.23. The zero-order valence-corrected chi connectivity index (χ0v) is 11.4. The van der Waals surface area contributed by atoms with E-state index in [2.05, 4.69) is 0 Å². The molecule has 19 heavy (non-hydrogen) atoms. The van der Waals surface area contributed by atoms with Gasteiger partial charge in [0.15, 0.2) is 0 Å². The van der Waals surface area contributed by atoms with Crippen LogP contribution in [0.5, 0.6) is 5.75 Å². The molecule has 4 heteroatoms. The highest BCUT2D eigenvalue weighted by atomic mass is 16.5. The number of aryl methyl sites for hydroxylation is 1. The van der Waals surface area contributed by atoms with Crippen molar-refractivity contribution in [2.24, 2.45) is 0 Å². The summed E-state index contributed by atoms with van der Waals surface area (Å²) in [6.07, 6.45) is 4.39. The van der Waals surface area contributed by atoms with E-state index in [4.69, 9.17) is 14.6 Å². The van der Waals surface area contributed by atoms with E-state index in [1.54, 1.807) is 25.3 Å². The second-order valence-electron chi connectivity index (χ2n) is 5.05. The van der Waals surface area contributed by atoms with Crippen molar-refractivity contribution in [1.29, 1.82) is 0 Å². The predicted molar refractivity (Wildman–Crippen MR) is 71.8 cm³/mol. The van der Waals surface area contributed by atoms with Crippen LogP contribution in [0.2, 0.25) is 0 Å². The highest BCUT2D eigenvalue weighted by Crippen LogP contribution is 2.27. The molecule has 0 heterocycles. The minimum absolute atomic E-state index is 0.112. The lowest BCUT2D eigenvalue weighted by molar-refractivity contribution is 0.0207. The van der Waals surface area contributed by atoms with E-state index >= 15 is 0 Å². The van der Waals surface area contributed by atoms with E-state index in [-0.39, 0.29) is 17.8 Å². The Labute approximate surface area is 113 Å². The summed E-state index contributed by atoms with van der Waals surface area (Å²) in [5, 5.41) is 9.01. The molecule has 4 nitrogen and oxygen atoms in total. The molecule has 1 aromatic rings. The minimum Gasteiger partial charge on any atom is -0.490 e. The third-order valence-corrected chi connectivity index (χ3v) is 3.64. The van der Waals surface area contributed by atoms with Gasteiger partial charge in [0.1, 0.15) is 11.9 Å². The van der Waals surface area contributed by atoms with Gasteiger partial charge in [0.2, 0.25) is 0 Å². The first-order valence-electron chi connectivity index (χ1n) is 6.63. The Balaban J connectivity index is 2.09. The number of ether oxygens (including phenoxy) is 2. The standard InChI is InChI=1S/C15H20O4/c1-10-6-7-11(15(16)17)8-14(10)19-13-5-3-4-12(9-13)18-2/h6-8,12-13H,3-5,9H2,1-2H3,(H,16,17).